The molecule has 3 nitrogen and oxygen atoms in total. The van der Waals surface area contributed by atoms with Crippen molar-refractivity contribution in [1.82, 2.24) is 9.38 Å². The first kappa shape index (κ1) is 10.0. The number of aromatic nitrogens is 2. The van der Waals surface area contributed by atoms with Gasteiger partial charge in [-0.05, 0) is 47.8 Å². The van der Waals surface area contributed by atoms with Crippen LogP contribution in [0.25, 0.3) is 5.52 Å². The fourth-order valence-electron chi connectivity index (χ4n) is 1.92. The lowest BCUT2D eigenvalue weighted by molar-refractivity contribution is 0.101. The number of rotatable bonds is 2. The fraction of sp³-hybridized carbons (Fsp3) is 0.333. The summed E-state index contributed by atoms with van der Waals surface area (Å²) in [5, 5.41) is 0. The Labute approximate surface area is 102 Å². The molecule has 0 amide bonds. The van der Waals surface area contributed by atoms with E-state index in [1.165, 1.54) is 12.8 Å². The van der Waals surface area contributed by atoms with Crippen molar-refractivity contribution in [3.05, 3.63) is 34.3 Å². The first-order valence-electron chi connectivity index (χ1n) is 5.35. The highest BCUT2D eigenvalue weighted by Gasteiger charge is 2.28. The Balaban J connectivity index is 2.24. The Bertz CT molecular complexity index is 584. The number of nitrogens with zero attached hydrogens (tertiary/aromatic N) is 2. The van der Waals surface area contributed by atoms with Gasteiger partial charge in [-0.25, -0.2) is 4.98 Å². The number of hydrogen-bond donors (Lipinski definition) is 0. The molecule has 1 fully saturated rings. The number of halogens is 1. The van der Waals surface area contributed by atoms with Crippen molar-refractivity contribution in [3.8, 4) is 0 Å². The van der Waals surface area contributed by atoms with Crippen LogP contribution in [-0.2, 0) is 0 Å². The zero-order valence-electron chi connectivity index (χ0n) is 8.90. The molecule has 0 radical (unpaired) electrons. The number of hydrogen-bond acceptors (Lipinski definition) is 2. The third-order valence-corrected chi connectivity index (χ3v) is 3.56. The van der Waals surface area contributed by atoms with Crippen LogP contribution in [0.4, 0.5) is 0 Å². The molecule has 0 aromatic carbocycles. The lowest BCUT2D eigenvalue weighted by Crippen LogP contribution is -1.96. The third-order valence-electron chi connectivity index (χ3n) is 2.97. The Kier molecular flexibility index (Phi) is 2.14. The van der Waals surface area contributed by atoms with Crippen molar-refractivity contribution in [3.63, 3.8) is 0 Å². The maximum absolute atomic E-state index is 11.3. The van der Waals surface area contributed by atoms with Gasteiger partial charge < -0.3 is 4.40 Å². The van der Waals surface area contributed by atoms with Crippen LogP contribution in [0.15, 0.2) is 22.9 Å². The van der Waals surface area contributed by atoms with Gasteiger partial charge in [0.25, 0.3) is 0 Å². The fourth-order valence-corrected chi connectivity index (χ4v) is 2.41. The average molecular weight is 279 g/mol. The highest BCUT2D eigenvalue weighted by Crippen LogP contribution is 2.40. The SMILES string of the molecule is CC(=O)c1ccn2c(C3CC3)nc(Br)c2c1. The van der Waals surface area contributed by atoms with E-state index in [-0.39, 0.29) is 5.78 Å². The molecule has 0 unspecified atom stereocenters. The van der Waals surface area contributed by atoms with Crippen LogP contribution in [0.2, 0.25) is 0 Å². The standard InChI is InChI=1S/C12H11BrN2O/c1-7(16)9-4-5-15-10(6-9)11(13)14-12(15)8-2-3-8/h4-6,8H,2-3H2,1H3. The molecule has 0 atom stereocenters. The zero-order chi connectivity index (χ0) is 11.3. The zero-order valence-corrected chi connectivity index (χ0v) is 10.5. The second kappa shape index (κ2) is 3.42. The molecule has 2 heterocycles. The summed E-state index contributed by atoms with van der Waals surface area (Å²) in [5.74, 6) is 1.79. The quantitative estimate of drug-likeness (QED) is 0.791. The number of ketones is 1. The molecule has 2 aromatic rings. The van der Waals surface area contributed by atoms with Gasteiger partial charge in [0, 0.05) is 17.7 Å². The molecule has 1 aliphatic carbocycles. The van der Waals surface area contributed by atoms with E-state index in [1.54, 1.807) is 6.92 Å². The lowest BCUT2D eigenvalue weighted by Gasteiger charge is -2.00. The van der Waals surface area contributed by atoms with Crippen molar-refractivity contribution in [2.24, 2.45) is 0 Å². The van der Waals surface area contributed by atoms with E-state index in [9.17, 15) is 4.79 Å². The largest absolute Gasteiger partial charge is 0.302 e. The maximum Gasteiger partial charge on any atom is 0.159 e. The molecule has 1 aliphatic rings. The van der Waals surface area contributed by atoms with E-state index in [4.69, 9.17) is 0 Å². The molecule has 1 saturated carbocycles. The van der Waals surface area contributed by atoms with Gasteiger partial charge in [0.15, 0.2) is 5.78 Å². The number of imidazole rings is 1. The maximum atomic E-state index is 11.3. The second-order valence-electron chi connectivity index (χ2n) is 4.26. The minimum absolute atomic E-state index is 0.0866. The van der Waals surface area contributed by atoms with E-state index >= 15 is 0 Å². The summed E-state index contributed by atoms with van der Waals surface area (Å²) in [6, 6.07) is 3.75. The van der Waals surface area contributed by atoms with Crippen molar-refractivity contribution >= 4 is 27.2 Å². The van der Waals surface area contributed by atoms with Crippen LogP contribution in [-0.4, -0.2) is 15.2 Å². The van der Waals surface area contributed by atoms with Crippen molar-refractivity contribution in [1.29, 1.82) is 0 Å². The van der Waals surface area contributed by atoms with Crippen LogP contribution >= 0.6 is 15.9 Å². The molecular formula is C12H11BrN2O. The van der Waals surface area contributed by atoms with Gasteiger partial charge in [0.05, 0.1) is 5.52 Å². The molecule has 4 heteroatoms. The Morgan fingerprint density at radius 1 is 1.56 bits per heavy atom. The molecule has 0 bridgehead atoms. The molecule has 0 N–H and O–H groups in total. The van der Waals surface area contributed by atoms with E-state index in [1.807, 2.05) is 18.3 Å². The molecule has 0 aliphatic heterocycles. The summed E-state index contributed by atoms with van der Waals surface area (Å²) in [6.07, 6.45) is 4.39. The summed E-state index contributed by atoms with van der Waals surface area (Å²) in [4.78, 5) is 15.8. The average Bonchev–Trinajstić information content (AvgIpc) is 3.04. The number of pyridine rings is 1. The Morgan fingerprint density at radius 3 is 2.94 bits per heavy atom. The highest BCUT2D eigenvalue weighted by atomic mass is 79.9. The van der Waals surface area contributed by atoms with Crippen LogP contribution in [0.1, 0.15) is 41.9 Å². The number of carbonyl (C=O) groups excluding carboxylic acids is 1. The van der Waals surface area contributed by atoms with Crippen LogP contribution in [0, 0.1) is 0 Å². The van der Waals surface area contributed by atoms with Gasteiger partial charge in [-0.1, -0.05) is 0 Å². The molecular weight excluding hydrogens is 268 g/mol. The van der Waals surface area contributed by atoms with Gasteiger partial charge >= 0.3 is 0 Å². The molecule has 3 rings (SSSR count). The Hall–Kier alpha value is -1.16. The van der Waals surface area contributed by atoms with Gasteiger partial charge in [0.1, 0.15) is 10.4 Å². The predicted octanol–water partition coefficient (Wildman–Crippen LogP) is 3.18. The van der Waals surface area contributed by atoms with Crippen molar-refractivity contribution in [2.75, 3.05) is 0 Å². The monoisotopic (exact) mass is 278 g/mol. The van der Waals surface area contributed by atoms with Crippen LogP contribution in [0.3, 0.4) is 0 Å². The second-order valence-corrected chi connectivity index (χ2v) is 5.01. The van der Waals surface area contributed by atoms with Gasteiger partial charge in [-0.3, -0.25) is 4.79 Å². The summed E-state index contributed by atoms with van der Waals surface area (Å²) in [5.41, 5.74) is 1.71. The van der Waals surface area contributed by atoms with Crippen molar-refractivity contribution in [2.45, 2.75) is 25.7 Å². The normalized spacial score (nSPS) is 15.6. The summed E-state index contributed by atoms with van der Waals surface area (Å²) in [6.45, 7) is 1.58. The lowest BCUT2D eigenvalue weighted by atomic mass is 10.2. The number of fused-ring (bicyclic) bond motifs is 1. The van der Waals surface area contributed by atoms with Crippen LogP contribution in [0.5, 0.6) is 0 Å². The summed E-state index contributed by atoms with van der Waals surface area (Å²) >= 11 is 3.45. The molecule has 82 valence electrons. The number of carbonyl (C=O) groups is 1. The molecule has 2 aromatic heterocycles. The highest BCUT2D eigenvalue weighted by molar-refractivity contribution is 9.10. The third kappa shape index (κ3) is 1.48. The molecule has 16 heavy (non-hydrogen) atoms. The van der Waals surface area contributed by atoms with Gasteiger partial charge in [-0.2, -0.15) is 0 Å². The molecule has 0 saturated heterocycles. The van der Waals surface area contributed by atoms with Crippen LogP contribution < -0.4 is 0 Å². The smallest absolute Gasteiger partial charge is 0.159 e. The van der Waals surface area contributed by atoms with Gasteiger partial charge in [-0.15, -0.1) is 0 Å². The first-order valence-corrected chi connectivity index (χ1v) is 6.14. The van der Waals surface area contributed by atoms with Crippen molar-refractivity contribution < 1.29 is 4.79 Å². The van der Waals surface area contributed by atoms with E-state index < -0.39 is 0 Å². The van der Waals surface area contributed by atoms with E-state index in [0.717, 1.165) is 21.5 Å². The Morgan fingerprint density at radius 2 is 2.31 bits per heavy atom. The first-order chi connectivity index (χ1) is 7.66. The minimum Gasteiger partial charge on any atom is -0.302 e. The number of Topliss-reactive ketones (excluding diaryl/α,β-unsaturated/α-hetero) is 1. The summed E-state index contributed by atoms with van der Waals surface area (Å²) in [7, 11) is 0. The topological polar surface area (TPSA) is 34.4 Å². The predicted molar refractivity (Wildman–Crippen MR) is 64.9 cm³/mol. The molecule has 0 spiro atoms. The van der Waals surface area contributed by atoms with E-state index in [2.05, 4.69) is 25.3 Å². The minimum atomic E-state index is 0.0866. The van der Waals surface area contributed by atoms with E-state index in [0.29, 0.717) is 5.92 Å². The summed E-state index contributed by atoms with van der Waals surface area (Å²) < 4.78 is 2.91. The van der Waals surface area contributed by atoms with Gasteiger partial charge in [0.2, 0.25) is 0 Å².